The summed E-state index contributed by atoms with van der Waals surface area (Å²) in [5.74, 6) is 0. The molecule has 26 valence electrons. The second kappa shape index (κ2) is 10.6. The third-order valence-corrected chi connectivity index (χ3v) is 0. The molecule has 0 bridgehead atoms. The quantitative estimate of drug-likeness (QED) is 0.460. The maximum Gasteiger partial charge on any atom is 1.00 e. The number of nitriles is 1. The molecule has 0 atom stereocenters. The Morgan fingerprint density at radius 1 is 1.75 bits per heavy atom. The number of hydrogen-bond donors (Lipinski definition) is 0. The molecule has 0 aromatic heterocycles. The maximum atomic E-state index is 7.32. The summed E-state index contributed by atoms with van der Waals surface area (Å²) in [6.45, 7) is 1.43. The van der Waals surface area contributed by atoms with Gasteiger partial charge in [0.1, 0.15) is 0 Å². The van der Waals surface area contributed by atoms with Gasteiger partial charge in [-0.2, -0.15) is 5.26 Å². The normalized spacial score (nSPS) is 2.00. The molecule has 0 fully saturated rings. The van der Waals surface area contributed by atoms with Crippen LogP contribution < -0.4 is 0 Å². The molecule has 0 spiro atoms. The zero-order chi connectivity index (χ0) is 2.71. The first-order valence-corrected chi connectivity index (χ1v) is 0.724. The third kappa shape index (κ3) is 63.7. The van der Waals surface area contributed by atoms with Gasteiger partial charge in [0, 0.05) is 6.92 Å². The zero-order valence-corrected chi connectivity index (χ0v) is 3.73. The summed E-state index contributed by atoms with van der Waals surface area (Å²) in [6, 6.07) is 1.75. The Labute approximate surface area is 41.1 Å². The van der Waals surface area contributed by atoms with Crippen LogP contribution in [0.3, 0.4) is 0 Å². The van der Waals surface area contributed by atoms with E-state index in [-0.39, 0.29) is 22.4 Å². The van der Waals surface area contributed by atoms with Gasteiger partial charge in [-0.25, -0.2) is 0 Å². The summed E-state index contributed by atoms with van der Waals surface area (Å²) in [4.78, 5) is 0. The second-order valence-electron chi connectivity index (χ2n) is 0.224. The fourth-order valence-corrected chi connectivity index (χ4v) is 0. The third-order valence-electron chi connectivity index (χ3n) is 0. The molecule has 0 heterocycles. The van der Waals surface area contributed by atoms with E-state index in [1.54, 1.807) is 6.07 Å². The molecule has 0 radical (unpaired) electrons. The molecule has 0 aliphatic carbocycles. The Hall–Kier alpha value is 0.230. The molecule has 0 saturated heterocycles. The van der Waals surface area contributed by atoms with Crippen LogP contribution in [0.1, 0.15) is 6.92 Å². The summed E-state index contributed by atoms with van der Waals surface area (Å²) >= 11 is 0. The Balaban J connectivity index is 0. The summed E-state index contributed by atoms with van der Waals surface area (Å²) in [7, 11) is 0. The molecular weight excluding hydrogens is 146 g/mol. The van der Waals surface area contributed by atoms with Crippen LogP contribution in [0.15, 0.2) is 0 Å². The molecule has 0 rings (SSSR count). The molecule has 0 saturated carbocycles. The topological polar surface area (TPSA) is 23.8 Å². The fraction of sp³-hybridized carbons (Fsp3) is 0.500. The smallest absolute Gasteiger partial charge is 0.199 e. The number of nitrogens with zero attached hydrogens (tertiary/aromatic N) is 1. The summed E-state index contributed by atoms with van der Waals surface area (Å²) < 4.78 is 0. The molecular formula is C2H3AgN+. The molecule has 0 aliphatic rings. The molecule has 4 heavy (non-hydrogen) atoms. The Bertz CT molecular complexity index is 27.5. The molecule has 0 amide bonds. The van der Waals surface area contributed by atoms with E-state index in [1.807, 2.05) is 0 Å². The van der Waals surface area contributed by atoms with Crippen molar-refractivity contribution < 1.29 is 22.4 Å². The summed E-state index contributed by atoms with van der Waals surface area (Å²) in [6.07, 6.45) is 0. The van der Waals surface area contributed by atoms with E-state index in [9.17, 15) is 0 Å². The van der Waals surface area contributed by atoms with Gasteiger partial charge in [-0.05, 0) is 0 Å². The van der Waals surface area contributed by atoms with Crippen LogP contribution >= 0.6 is 0 Å². The van der Waals surface area contributed by atoms with Crippen molar-refractivity contribution in [1.29, 1.82) is 5.26 Å². The van der Waals surface area contributed by atoms with E-state index in [4.69, 9.17) is 5.26 Å². The van der Waals surface area contributed by atoms with Crippen molar-refractivity contribution in [3.8, 4) is 6.07 Å². The monoisotopic (exact) mass is 148 g/mol. The summed E-state index contributed by atoms with van der Waals surface area (Å²) in [5.41, 5.74) is 0. The largest absolute Gasteiger partial charge is 1.00 e. The van der Waals surface area contributed by atoms with Gasteiger partial charge in [-0.15, -0.1) is 0 Å². The van der Waals surface area contributed by atoms with Crippen molar-refractivity contribution in [3.05, 3.63) is 0 Å². The van der Waals surface area contributed by atoms with Crippen molar-refractivity contribution in [3.63, 3.8) is 0 Å². The van der Waals surface area contributed by atoms with Crippen molar-refractivity contribution in [1.82, 2.24) is 0 Å². The zero-order valence-electron chi connectivity index (χ0n) is 2.25. The van der Waals surface area contributed by atoms with Gasteiger partial charge in [0.15, 0.2) is 0 Å². The van der Waals surface area contributed by atoms with Gasteiger partial charge in [0.2, 0.25) is 0 Å². The van der Waals surface area contributed by atoms with Crippen molar-refractivity contribution >= 4 is 0 Å². The molecule has 0 unspecified atom stereocenters. The van der Waals surface area contributed by atoms with Gasteiger partial charge >= 0.3 is 22.4 Å². The average molecular weight is 149 g/mol. The van der Waals surface area contributed by atoms with E-state index < -0.39 is 0 Å². The van der Waals surface area contributed by atoms with Crippen LogP contribution in [-0.4, -0.2) is 0 Å². The van der Waals surface area contributed by atoms with E-state index in [0.29, 0.717) is 0 Å². The van der Waals surface area contributed by atoms with Crippen LogP contribution in [0.5, 0.6) is 0 Å². The van der Waals surface area contributed by atoms with Crippen molar-refractivity contribution in [2.45, 2.75) is 6.92 Å². The van der Waals surface area contributed by atoms with Gasteiger partial charge in [-0.3, -0.25) is 0 Å². The molecule has 2 heteroatoms. The van der Waals surface area contributed by atoms with Crippen LogP contribution in [0, 0.1) is 11.3 Å². The number of rotatable bonds is 0. The maximum absolute atomic E-state index is 7.32. The minimum absolute atomic E-state index is 0. The summed E-state index contributed by atoms with van der Waals surface area (Å²) in [5, 5.41) is 7.32. The van der Waals surface area contributed by atoms with Crippen LogP contribution in [0.4, 0.5) is 0 Å². The van der Waals surface area contributed by atoms with E-state index in [2.05, 4.69) is 0 Å². The molecule has 0 aromatic carbocycles. The van der Waals surface area contributed by atoms with Gasteiger partial charge < -0.3 is 0 Å². The van der Waals surface area contributed by atoms with E-state index in [0.717, 1.165) is 0 Å². The predicted molar refractivity (Wildman–Crippen MR) is 11.3 cm³/mol. The fourth-order valence-electron chi connectivity index (χ4n) is 0. The number of hydrogen-bond acceptors (Lipinski definition) is 1. The first-order chi connectivity index (χ1) is 1.41. The Morgan fingerprint density at radius 3 is 1.75 bits per heavy atom. The minimum atomic E-state index is 0. The van der Waals surface area contributed by atoms with Gasteiger partial charge in [0.25, 0.3) is 0 Å². The van der Waals surface area contributed by atoms with Crippen molar-refractivity contribution in [2.24, 2.45) is 0 Å². The Kier molecular flexibility index (Phi) is 23.6. The van der Waals surface area contributed by atoms with E-state index >= 15 is 0 Å². The standard InChI is InChI=1S/C2H3N.Ag/c1-2-3;/h1H3;/q;+1. The predicted octanol–water partition coefficient (Wildman–Crippen LogP) is 0.527. The second-order valence-corrected chi connectivity index (χ2v) is 0.224. The average Bonchev–Trinajstić information content (AvgIpc) is 0.918. The van der Waals surface area contributed by atoms with Crippen LogP contribution in [0.25, 0.3) is 0 Å². The minimum Gasteiger partial charge on any atom is -0.199 e. The van der Waals surface area contributed by atoms with Crippen LogP contribution in [-0.2, 0) is 22.4 Å². The first-order valence-electron chi connectivity index (χ1n) is 0.724. The van der Waals surface area contributed by atoms with Gasteiger partial charge in [-0.1, -0.05) is 0 Å². The molecule has 0 aromatic rings. The molecule has 0 aliphatic heterocycles. The first kappa shape index (κ1) is 8.87. The van der Waals surface area contributed by atoms with Crippen LogP contribution in [0.2, 0.25) is 0 Å². The van der Waals surface area contributed by atoms with Crippen molar-refractivity contribution in [2.75, 3.05) is 0 Å². The Morgan fingerprint density at radius 2 is 1.75 bits per heavy atom. The SMILES string of the molecule is CC#N.[Ag+]. The molecule has 0 N–H and O–H groups in total. The molecule has 1 nitrogen and oxygen atoms in total. The van der Waals surface area contributed by atoms with E-state index in [1.165, 1.54) is 6.92 Å². The van der Waals surface area contributed by atoms with Gasteiger partial charge in [0.05, 0.1) is 6.07 Å².